The van der Waals surface area contributed by atoms with E-state index in [9.17, 15) is 0 Å². The number of aryl methyl sites for hydroxylation is 1. The molecule has 88 valence electrons. The fraction of sp³-hybridized carbons (Fsp3) is 0.636. The number of nitrogens with one attached hydrogen (secondary N) is 1. The molecule has 0 saturated carbocycles. The second kappa shape index (κ2) is 5.01. The maximum atomic E-state index is 5.47. The standard InChI is InChI=1S/C11H18N4S/c1-7-8(2)13-11(14-10(7)15-12)9-5-3-4-6-16-9/h9H,3-6,12H2,1-2H3,(H,13,14,15). The zero-order valence-electron chi connectivity index (χ0n) is 9.79. The third kappa shape index (κ3) is 2.30. The van der Waals surface area contributed by atoms with Gasteiger partial charge in [-0.05, 0) is 32.4 Å². The molecule has 1 fully saturated rings. The van der Waals surface area contributed by atoms with Gasteiger partial charge in [0.15, 0.2) is 0 Å². The first-order valence-electron chi connectivity index (χ1n) is 5.65. The van der Waals surface area contributed by atoms with Gasteiger partial charge in [-0.1, -0.05) is 6.42 Å². The highest BCUT2D eigenvalue weighted by Gasteiger charge is 2.20. The predicted molar refractivity (Wildman–Crippen MR) is 68.4 cm³/mol. The molecule has 1 atom stereocenters. The number of hydrogen-bond acceptors (Lipinski definition) is 5. The third-order valence-corrected chi connectivity index (χ3v) is 4.38. The molecule has 2 rings (SSSR count). The van der Waals surface area contributed by atoms with E-state index >= 15 is 0 Å². The van der Waals surface area contributed by atoms with Gasteiger partial charge in [0, 0.05) is 11.3 Å². The van der Waals surface area contributed by atoms with Gasteiger partial charge in [0.2, 0.25) is 0 Å². The molecule has 1 aliphatic heterocycles. The molecule has 0 aliphatic carbocycles. The number of rotatable bonds is 2. The number of nitrogens with zero attached hydrogens (tertiary/aromatic N) is 2. The van der Waals surface area contributed by atoms with Gasteiger partial charge in [-0.25, -0.2) is 15.8 Å². The molecule has 0 spiro atoms. The highest BCUT2D eigenvalue weighted by molar-refractivity contribution is 7.99. The molecule has 4 nitrogen and oxygen atoms in total. The van der Waals surface area contributed by atoms with Gasteiger partial charge >= 0.3 is 0 Å². The highest BCUT2D eigenvalue weighted by atomic mass is 32.2. The molecule has 1 unspecified atom stereocenters. The molecule has 5 heteroatoms. The van der Waals surface area contributed by atoms with Crippen molar-refractivity contribution in [2.45, 2.75) is 38.4 Å². The lowest BCUT2D eigenvalue weighted by molar-refractivity contribution is 0.660. The summed E-state index contributed by atoms with van der Waals surface area (Å²) in [6.45, 7) is 4.00. The van der Waals surface area contributed by atoms with Crippen LogP contribution in [0.1, 0.15) is 41.6 Å². The van der Waals surface area contributed by atoms with E-state index in [1.54, 1.807) is 0 Å². The van der Waals surface area contributed by atoms with Crippen LogP contribution in [0.3, 0.4) is 0 Å². The number of hydrogen-bond donors (Lipinski definition) is 2. The molecular weight excluding hydrogens is 220 g/mol. The van der Waals surface area contributed by atoms with Crippen LogP contribution in [0.15, 0.2) is 0 Å². The number of nitrogens with two attached hydrogens (primary N) is 1. The van der Waals surface area contributed by atoms with Crippen molar-refractivity contribution in [3.8, 4) is 0 Å². The van der Waals surface area contributed by atoms with E-state index in [1.807, 2.05) is 25.6 Å². The van der Waals surface area contributed by atoms with Gasteiger partial charge < -0.3 is 5.43 Å². The lowest BCUT2D eigenvalue weighted by Crippen LogP contribution is -2.15. The van der Waals surface area contributed by atoms with E-state index in [4.69, 9.17) is 5.84 Å². The first kappa shape index (κ1) is 11.7. The Balaban J connectivity index is 2.29. The van der Waals surface area contributed by atoms with Gasteiger partial charge in [-0.2, -0.15) is 11.8 Å². The molecule has 3 N–H and O–H groups in total. The zero-order valence-corrected chi connectivity index (χ0v) is 10.6. The summed E-state index contributed by atoms with van der Waals surface area (Å²) in [7, 11) is 0. The number of thioether (sulfide) groups is 1. The Bertz CT molecular complexity index is 374. The van der Waals surface area contributed by atoms with Gasteiger partial charge in [-0.15, -0.1) is 0 Å². The average Bonchev–Trinajstić information content (AvgIpc) is 2.33. The molecule has 1 aromatic heterocycles. The first-order valence-corrected chi connectivity index (χ1v) is 6.70. The molecule has 1 aliphatic rings. The summed E-state index contributed by atoms with van der Waals surface area (Å²) in [5.74, 6) is 8.37. The van der Waals surface area contributed by atoms with Gasteiger partial charge in [0.05, 0.1) is 5.25 Å². The van der Waals surface area contributed by atoms with Crippen molar-refractivity contribution in [3.05, 3.63) is 17.1 Å². The number of nitrogen functional groups attached to an aromatic ring is 1. The largest absolute Gasteiger partial charge is 0.308 e. The molecule has 0 radical (unpaired) electrons. The van der Waals surface area contributed by atoms with Crippen LogP contribution in [0.2, 0.25) is 0 Å². The van der Waals surface area contributed by atoms with E-state index in [1.165, 1.54) is 25.0 Å². The minimum absolute atomic E-state index is 0.445. The van der Waals surface area contributed by atoms with Crippen molar-refractivity contribution in [1.82, 2.24) is 9.97 Å². The van der Waals surface area contributed by atoms with Crippen LogP contribution in [-0.2, 0) is 0 Å². The summed E-state index contributed by atoms with van der Waals surface area (Å²) in [4.78, 5) is 9.08. The Morgan fingerprint density at radius 3 is 2.75 bits per heavy atom. The van der Waals surface area contributed by atoms with Crippen LogP contribution >= 0.6 is 11.8 Å². The molecule has 0 aromatic carbocycles. The van der Waals surface area contributed by atoms with Crippen molar-refractivity contribution < 1.29 is 0 Å². The zero-order chi connectivity index (χ0) is 11.5. The van der Waals surface area contributed by atoms with E-state index in [0.717, 1.165) is 22.9 Å². The summed E-state index contributed by atoms with van der Waals surface area (Å²) in [6.07, 6.45) is 3.77. The van der Waals surface area contributed by atoms with Crippen molar-refractivity contribution in [2.75, 3.05) is 11.2 Å². The molecule has 1 saturated heterocycles. The molecule has 0 amide bonds. The van der Waals surface area contributed by atoms with Gasteiger partial charge in [-0.3, -0.25) is 0 Å². The lowest BCUT2D eigenvalue weighted by Gasteiger charge is -2.21. The highest BCUT2D eigenvalue weighted by Crippen LogP contribution is 2.37. The normalized spacial score (nSPS) is 20.8. The molecule has 2 heterocycles. The fourth-order valence-electron chi connectivity index (χ4n) is 1.88. The maximum Gasteiger partial charge on any atom is 0.146 e. The third-order valence-electron chi connectivity index (χ3n) is 3.01. The van der Waals surface area contributed by atoms with Crippen LogP contribution in [0.4, 0.5) is 5.82 Å². The van der Waals surface area contributed by atoms with E-state index < -0.39 is 0 Å². The van der Waals surface area contributed by atoms with E-state index in [0.29, 0.717) is 5.25 Å². The van der Waals surface area contributed by atoms with Crippen LogP contribution in [-0.4, -0.2) is 15.7 Å². The Kier molecular flexibility index (Phi) is 3.66. The van der Waals surface area contributed by atoms with Crippen molar-refractivity contribution in [3.63, 3.8) is 0 Å². The van der Waals surface area contributed by atoms with Crippen LogP contribution in [0.25, 0.3) is 0 Å². The van der Waals surface area contributed by atoms with Crippen LogP contribution in [0.5, 0.6) is 0 Å². The molecule has 1 aromatic rings. The van der Waals surface area contributed by atoms with Crippen molar-refractivity contribution in [2.24, 2.45) is 5.84 Å². The Morgan fingerprint density at radius 1 is 1.31 bits per heavy atom. The van der Waals surface area contributed by atoms with E-state index in [-0.39, 0.29) is 0 Å². The summed E-state index contributed by atoms with van der Waals surface area (Å²) in [5, 5.41) is 0.445. The number of anilines is 1. The Morgan fingerprint density at radius 2 is 2.12 bits per heavy atom. The topological polar surface area (TPSA) is 63.8 Å². The minimum atomic E-state index is 0.445. The Labute approximate surface area is 100 Å². The average molecular weight is 238 g/mol. The predicted octanol–water partition coefficient (Wildman–Crippen LogP) is 2.34. The summed E-state index contributed by atoms with van der Waals surface area (Å²) in [6, 6.07) is 0. The summed E-state index contributed by atoms with van der Waals surface area (Å²) >= 11 is 1.96. The van der Waals surface area contributed by atoms with Crippen LogP contribution < -0.4 is 11.3 Å². The Hall–Kier alpha value is -0.810. The maximum absolute atomic E-state index is 5.47. The molecular formula is C11H18N4S. The molecule has 16 heavy (non-hydrogen) atoms. The van der Waals surface area contributed by atoms with Crippen LogP contribution in [0, 0.1) is 13.8 Å². The molecule has 0 bridgehead atoms. The number of hydrazine groups is 1. The van der Waals surface area contributed by atoms with E-state index in [2.05, 4.69) is 15.4 Å². The SMILES string of the molecule is Cc1nc(C2CCCCS2)nc(NN)c1C. The van der Waals surface area contributed by atoms with Gasteiger partial charge in [0.25, 0.3) is 0 Å². The quantitative estimate of drug-likeness (QED) is 0.611. The second-order valence-electron chi connectivity index (χ2n) is 4.14. The smallest absolute Gasteiger partial charge is 0.146 e. The fourth-order valence-corrected chi connectivity index (χ4v) is 3.12. The number of aromatic nitrogens is 2. The van der Waals surface area contributed by atoms with Crippen molar-refractivity contribution >= 4 is 17.6 Å². The van der Waals surface area contributed by atoms with Crippen molar-refractivity contribution in [1.29, 1.82) is 0 Å². The second-order valence-corrected chi connectivity index (χ2v) is 5.45. The first-order chi connectivity index (χ1) is 7.72. The lowest BCUT2D eigenvalue weighted by atomic mass is 10.1. The monoisotopic (exact) mass is 238 g/mol. The summed E-state index contributed by atoms with van der Waals surface area (Å²) in [5.41, 5.74) is 4.71. The minimum Gasteiger partial charge on any atom is -0.308 e. The summed E-state index contributed by atoms with van der Waals surface area (Å²) < 4.78 is 0. The van der Waals surface area contributed by atoms with Gasteiger partial charge in [0.1, 0.15) is 11.6 Å².